The van der Waals surface area contributed by atoms with Crippen LogP contribution in [0.2, 0.25) is 0 Å². The Labute approximate surface area is 140 Å². The zero-order chi connectivity index (χ0) is 15.8. The summed E-state index contributed by atoms with van der Waals surface area (Å²) in [6.45, 7) is 0.0187. The quantitative estimate of drug-likeness (QED) is 0.802. The molecule has 0 bridgehead atoms. The number of nitrogens with one attached hydrogen (secondary N) is 2. The fourth-order valence-corrected chi connectivity index (χ4v) is 3.22. The Hall–Kier alpha value is -1.36. The molecule has 1 saturated carbocycles. The monoisotopic (exact) mass is 366 g/mol. The highest BCUT2D eigenvalue weighted by Crippen LogP contribution is 2.27. The van der Waals surface area contributed by atoms with Gasteiger partial charge in [-0.2, -0.15) is 0 Å². The number of hydrogen-bond donors (Lipinski definition) is 2. The Bertz CT molecular complexity index is 513. The van der Waals surface area contributed by atoms with E-state index in [0.29, 0.717) is 18.0 Å². The van der Waals surface area contributed by atoms with E-state index in [-0.39, 0.29) is 18.4 Å². The van der Waals surface area contributed by atoms with E-state index in [9.17, 15) is 9.59 Å². The van der Waals surface area contributed by atoms with E-state index in [1.165, 1.54) is 32.1 Å². The minimum Gasteiger partial charge on any atom is -0.347 e. The number of carbonyl (C=O) groups excluding carboxylic acids is 2. The molecule has 5 heteroatoms. The predicted molar refractivity (Wildman–Crippen MR) is 91.6 cm³/mol. The van der Waals surface area contributed by atoms with Crippen LogP contribution in [0.15, 0.2) is 28.7 Å². The van der Waals surface area contributed by atoms with Gasteiger partial charge in [0.15, 0.2) is 0 Å². The third-order valence-electron chi connectivity index (χ3n) is 4.10. The molecule has 1 aromatic rings. The number of benzene rings is 1. The van der Waals surface area contributed by atoms with Gasteiger partial charge in [-0.1, -0.05) is 44.2 Å². The molecule has 2 amide bonds. The lowest BCUT2D eigenvalue weighted by Crippen LogP contribution is -2.33. The molecular weight excluding hydrogens is 344 g/mol. The minimum atomic E-state index is -0.210. The summed E-state index contributed by atoms with van der Waals surface area (Å²) in [4.78, 5) is 23.6. The van der Waals surface area contributed by atoms with Crippen molar-refractivity contribution in [2.75, 3.05) is 11.9 Å². The van der Waals surface area contributed by atoms with E-state index in [1.807, 2.05) is 24.3 Å². The lowest BCUT2D eigenvalue weighted by molar-refractivity contribution is -0.124. The van der Waals surface area contributed by atoms with Crippen molar-refractivity contribution in [1.82, 2.24) is 5.32 Å². The van der Waals surface area contributed by atoms with Crippen LogP contribution >= 0.6 is 15.9 Å². The Morgan fingerprint density at radius 1 is 1.09 bits per heavy atom. The van der Waals surface area contributed by atoms with Crippen LogP contribution in [0.5, 0.6) is 0 Å². The van der Waals surface area contributed by atoms with Crippen LogP contribution in [0.25, 0.3) is 0 Å². The summed E-state index contributed by atoms with van der Waals surface area (Å²) in [5.74, 6) is 0.444. The summed E-state index contributed by atoms with van der Waals surface area (Å²) in [7, 11) is 0. The summed E-state index contributed by atoms with van der Waals surface area (Å²) in [5.41, 5.74) is 0.712. The van der Waals surface area contributed by atoms with E-state index in [0.717, 1.165) is 10.9 Å². The van der Waals surface area contributed by atoms with E-state index < -0.39 is 0 Å². The molecule has 0 unspecified atom stereocenters. The first-order chi connectivity index (χ1) is 10.6. The predicted octanol–water partition coefficient (Wildman–Crippen LogP) is 3.86. The first-order valence-electron chi connectivity index (χ1n) is 7.96. The van der Waals surface area contributed by atoms with E-state index in [2.05, 4.69) is 26.6 Å². The Morgan fingerprint density at radius 3 is 2.55 bits per heavy atom. The van der Waals surface area contributed by atoms with Gasteiger partial charge < -0.3 is 10.6 Å². The standard InChI is InChI=1S/C17H23BrN2O2/c18-14-8-4-5-9-15(14)20-17(22)12-19-16(21)11-10-13-6-2-1-3-7-13/h4-5,8-9,13H,1-3,6-7,10-12H2,(H,19,21)(H,20,22). The summed E-state index contributed by atoms with van der Waals surface area (Å²) in [5, 5.41) is 5.47. The van der Waals surface area contributed by atoms with Gasteiger partial charge in [0.05, 0.1) is 12.2 Å². The van der Waals surface area contributed by atoms with Gasteiger partial charge in [-0.15, -0.1) is 0 Å². The van der Waals surface area contributed by atoms with Crippen LogP contribution < -0.4 is 10.6 Å². The van der Waals surface area contributed by atoms with Crippen LogP contribution in [0.4, 0.5) is 5.69 Å². The third-order valence-corrected chi connectivity index (χ3v) is 4.79. The lowest BCUT2D eigenvalue weighted by atomic mass is 9.86. The molecule has 22 heavy (non-hydrogen) atoms. The second-order valence-electron chi connectivity index (χ2n) is 5.85. The number of rotatable bonds is 6. The summed E-state index contributed by atoms with van der Waals surface area (Å²) in [6.07, 6.45) is 7.87. The molecule has 1 aliphatic rings. The van der Waals surface area contributed by atoms with Crippen molar-refractivity contribution < 1.29 is 9.59 Å². The number of hydrogen-bond acceptors (Lipinski definition) is 2. The van der Waals surface area contributed by atoms with Gasteiger partial charge in [0, 0.05) is 10.9 Å². The van der Waals surface area contributed by atoms with Crippen LogP contribution in [-0.4, -0.2) is 18.4 Å². The molecule has 0 aliphatic heterocycles. The van der Waals surface area contributed by atoms with E-state index in [4.69, 9.17) is 0 Å². The second kappa shape index (κ2) is 8.93. The maximum absolute atomic E-state index is 11.8. The molecule has 2 N–H and O–H groups in total. The Morgan fingerprint density at radius 2 is 1.82 bits per heavy atom. The molecule has 120 valence electrons. The Kier molecular flexibility index (Phi) is 6.90. The normalized spacial score (nSPS) is 15.3. The summed E-state index contributed by atoms with van der Waals surface area (Å²) >= 11 is 3.37. The van der Waals surface area contributed by atoms with Gasteiger partial charge >= 0.3 is 0 Å². The highest BCUT2D eigenvalue weighted by Gasteiger charge is 2.15. The van der Waals surface area contributed by atoms with E-state index >= 15 is 0 Å². The van der Waals surface area contributed by atoms with Crippen LogP contribution in [0.1, 0.15) is 44.9 Å². The first kappa shape index (κ1) is 17.0. The number of para-hydroxylation sites is 1. The Balaban J connectivity index is 1.65. The SMILES string of the molecule is O=C(CCC1CCCCC1)NCC(=O)Nc1ccccc1Br. The maximum Gasteiger partial charge on any atom is 0.243 e. The van der Waals surface area contributed by atoms with Gasteiger partial charge in [0.25, 0.3) is 0 Å². The molecule has 1 aromatic carbocycles. The number of anilines is 1. The molecule has 0 spiro atoms. The minimum absolute atomic E-state index is 0.0187. The average Bonchev–Trinajstić information content (AvgIpc) is 2.54. The van der Waals surface area contributed by atoms with Crippen molar-refractivity contribution in [2.24, 2.45) is 5.92 Å². The molecule has 1 aliphatic carbocycles. The number of halogens is 1. The van der Waals surface area contributed by atoms with Crippen molar-refractivity contribution in [3.05, 3.63) is 28.7 Å². The van der Waals surface area contributed by atoms with Crippen molar-refractivity contribution in [2.45, 2.75) is 44.9 Å². The van der Waals surface area contributed by atoms with Gasteiger partial charge in [0.1, 0.15) is 0 Å². The highest BCUT2D eigenvalue weighted by molar-refractivity contribution is 9.10. The molecule has 1 fully saturated rings. The molecule has 2 rings (SSSR count). The smallest absolute Gasteiger partial charge is 0.243 e. The van der Waals surface area contributed by atoms with Crippen molar-refractivity contribution in [1.29, 1.82) is 0 Å². The van der Waals surface area contributed by atoms with Crippen LogP contribution in [-0.2, 0) is 9.59 Å². The third kappa shape index (κ3) is 5.79. The zero-order valence-corrected chi connectivity index (χ0v) is 14.3. The van der Waals surface area contributed by atoms with E-state index in [1.54, 1.807) is 0 Å². The maximum atomic E-state index is 11.8. The molecule has 0 saturated heterocycles. The number of amides is 2. The first-order valence-corrected chi connectivity index (χ1v) is 8.75. The van der Waals surface area contributed by atoms with Gasteiger partial charge in [-0.25, -0.2) is 0 Å². The van der Waals surface area contributed by atoms with Gasteiger partial charge in [0.2, 0.25) is 11.8 Å². The molecule has 4 nitrogen and oxygen atoms in total. The number of carbonyl (C=O) groups is 2. The molecule has 0 radical (unpaired) electrons. The van der Waals surface area contributed by atoms with Crippen molar-refractivity contribution in [3.8, 4) is 0 Å². The topological polar surface area (TPSA) is 58.2 Å². The van der Waals surface area contributed by atoms with Crippen molar-refractivity contribution >= 4 is 33.4 Å². The molecule has 0 atom stereocenters. The van der Waals surface area contributed by atoms with Crippen LogP contribution in [0.3, 0.4) is 0 Å². The molecule has 0 heterocycles. The van der Waals surface area contributed by atoms with Gasteiger partial charge in [-0.05, 0) is 40.4 Å². The lowest BCUT2D eigenvalue weighted by Gasteiger charge is -2.20. The molecule has 0 aromatic heterocycles. The largest absolute Gasteiger partial charge is 0.347 e. The van der Waals surface area contributed by atoms with Crippen LogP contribution in [0, 0.1) is 5.92 Å². The second-order valence-corrected chi connectivity index (χ2v) is 6.70. The fraction of sp³-hybridized carbons (Fsp3) is 0.529. The highest BCUT2D eigenvalue weighted by atomic mass is 79.9. The fourth-order valence-electron chi connectivity index (χ4n) is 2.84. The van der Waals surface area contributed by atoms with Gasteiger partial charge in [-0.3, -0.25) is 9.59 Å². The average molecular weight is 367 g/mol. The van der Waals surface area contributed by atoms with Crippen molar-refractivity contribution in [3.63, 3.8) is 0 Å². The molecular formula is C17H23BrN2O2. The summed E-state index contributed by atoms with van der Waals surface area (Å²) < 4.78 is 0.826. The zero-order valence-electron chi connectivity index (χ0n) is 12.7. The summed E-state index contributed by atoms with van der Waals surface area (Å²) in [6, 6.07) is 7.40.